The van der Waals surface area contributed by atoms with Gasteiger partial charge in [-0.05, 0) is 61.9 Å². The van der Waals surface area contributed by atoms with Gasteiger partial charge in [0.25, 0.3) is 0 Å². The molecule has 0 bridgehead atoms. The molecule has 1 aliphatic rings. The van der Waals surface area contributed by atoms with Crippen LogP contribution in [0.15, 0.2) is 29.2 Å². The normalized spacial score (nSPS) is 25.5. The Labute approximate surface area is 128 Å². The summed E-state index contributed by atoms with van der Waals surface area (Å²) < 4.78 is 25.7. The van der Waals surface area contributed by atoms with E-state index in [1.54, 1.807) is 12.1 Å². The predicted octanol–water partition coefficient (Wildman–Crippen LogP) is 3.22. The quantitative estimate of drug-likeness (QED) is 0.897. The van der Waals surface area contributed by atoms with Gasteiger partial charge in [0.15, 0.2) is 0 Å². The molecule has 1 fully saturated rings. The fourth-order valence-corrected chi connectivity index (χ4v) is 3.95. The van der Waals surface area contributed by atoms with Gasteiger partial charge in [0.2, 0.25) is 10.0 Å². The van der Waals surface area contributed by atoms with Gasteiger partial charge in [-0.2, -0.15) is 0 Å². The third-order valence-corrected chi connectivity index (χ3v) is 5.91. The van der Waals surface area contributed by atoms with E-state index in [0.717, 1.165) is 12.1 Å². The molecule has 1 saturated carbocycles. The van der Waals surface area contributed by atoms with Crippen LogP contribution in [0.2, 0.25) is 0 Å². The molecule has 118 valence electrons. The maximum atomic E-state index is 11.7. The molecule has 0 heterocycles. The Balaban J connectivity index is 2.04. The predicted molar refractivity (Wildman–Crippen MR) is 86.9 cm³/mol. The number of hydrogen-bond donors (Lipinski definition) is 2. The van der Waals surface area contributed by atoms with Crippen molar-refractivity contribution in [3.63, 3.8) is 0 Å². The molecule has 2 unspecified atom stereocenters. The average molecular weight is 310 g/mol. The van der Waals surface area contributed by atoms with Crippen molar-refractivity contribution in [2.45, 2.75) is 51.0 Å². The summed E-state index contributed by atoms with van der Waals surface area (Å²) in [5.41, 5.74) is 1.42. The molecular formula is C16H26N2O2S. The number of nitrogens with one attached hydrogen (secondary N) is 2. The van der Waals surface area contributed by atoms with Gasteiger partial charge in [-0.15, -0.1) is 0 Å². The topological polar surface area (TPSA) is 58.2 Å². The first-order valence-corrected chi connectivity index (χ1v) is 9.02. The summed E-state index contributed by atoms with van der Waals surface area (Å²) in [6, 6.07) is 7.44. The molecule has 2 rings (SSSR count). The van der Waals surface area contributed by atoms with Gasteiger partial charge in [-0.25, -0.2) is 13.1 Å². The van der Waals surface area contributed by atoms with E-state index in [2.05, 4.69) is 30.8 Å². The van der Waals surface area contributed by atoms with Crippen LogP contribution in [0.5, 0.6) is 0 Å². The van der Waals surface area contributed by atoms with Crippen LogP contribution in [-0.2, 0) is 10.0 Å². The van der Waals surface area contributed by atoms with Gasteiger partial charge in [0.05, 0.1) is 4.90 Å². The highest BCUT2D eigenvalue weighted by Gasteiger charge is 2.32. The molecule has 1 aromatic carbocycles. The highest BCUT2D eigenvalue weighted by atomic mass is 32.2. The van der Waals surface area contributed by atoms with Crippen molar-refractivity contribution in [1.29, 1.82) is 0 Å². The lowest BCUT2D eigenvalue weighted by atomic mass is 9.70. The van der Waals surface area contributed by atoms with Crippen molar-refractivity contribution in [1.82, 2.24) is 4.72 Å². The standard InChI is InChI=1S/C16H26N2O2S/c1-12-11-16(2,3)10-9-15(12)18-13-5-7-14(8-6-13)21(19,20)17-4/h5-8,12,15,17-18H,9-11H2,1-4H3. The fourth-order valence-electron chi connectivity index (χ4n) is 3.22. The molecule has 5 heteroatoms. The van der Waals surface area contributed by atoms with Crippen molar-refractivity contribution >= 4 is 15.7 Å². The molecule has 0 aromatic heterocycles. The zero-order valence-corrected chi connectivity index (χ0v) is 14.1. The van der Waals surface area contributed by atoms with E-state index in [9.17, 15) is 8.42 Å². The number of benzene rings is 1. The number of anilines is 1. The summed E-state index contributed by atoms with van der Waals surface area (Å²) >= 11 is 0. The Morgan fingerprint density at radius 2 is 1.81 bits per heavy atom. The Hall–Kier alpha value is -1.07. The van der Waals surface area contributed by atoms with E-state index in [-0.39, 0.29) is 0 Å². The van der Waals surface area contributed by atoms with Crippen molar-refractivity contribution in [3.8, 4) is 0 Å². The lowest BCUT2D eigenvalue weighted by Gasteiger charge is -2.40. The lowest BCUT2D eigenvalue weighted by Crippen LogP contribution is -2.36. The summed E-state index contributed by atoms with van der Waals surface area (Å²) in [5, 5.41) is 3.55. The van der Waals surface area contributed by atoms with Crippen LogP contribution in [0, 0.1) is 11.3 Å². The molecule has 4 nitrogen and oxygen atoms in total. The second kappa shape index (κ2) is 5.97. The second-order valence-electron chi connectivity index (χ2n) is 6.87. The third-order valence-electron chi connectivity index (χ3n) is 4.48. The summed E-state index contributed by atoms with van der Waals surface area (Å²) in [4.78, 5) is 0.299. The fraction of sp³-hybridized carbons (Fsp3) is 0.625. The van der Waals surface area contributed by atoms with Crippen LogP contribution in [0.3, 0.4) is 0 Å². The maximum Gasteiger partial charge on any atom is 0.240 e. The second-order valence-corrected chi connectivity index (χ2v) is 8.75. The number of rotatable bonds is 4. The summed E-state index contributed by atoms with van der Waals surface area (Å²) in [5.74, 6) is 0.620. The van der Waals surface area contributed by atoms with Gasteiger partial charge >= 0.3 is 0 Å². The Kier molecular flexibility index (Phi) is 4.63. The van der Waals surface area contributed by atoms with Crippen LogP contribution in [0.25, 0.3) is 0 Å². The third kappa shape index (κ3) is 3.98. The van der Waals surface area contributed by atoms with Crippen molar-refractivity contribution in [2.24, 2.45) is 11.3 Å². The molecule has 1 aromatic rings. The Morgan fingerprint density at radius 1 is 1.19 bits per heavy atom. The van der Waals surface area contributed by atoms with E-state index in [1.807, 2.05) is 12.1 Å². The Bertz CT molecular complexity index is 579. The van der Waals surface area contributed by atoms with Crippen molar-refractivity contribution in [3.05, 3.63) is 24.3 Å². The molecule has 1 aliphatic carbocycles. The molecule has 0 saturated heterocycles. The monoisotopic (exact) mass is 310 g/mol. The minimum absolute atomic E-state index is 0.299. The summed E-state index contributed by atoms with van der Waals surface area (Å²) in [6.07, 6.45) is 3.60. The van der Waals surface area contributed by atoms with Gasteiger partial charge < -0.3 is 5.32 Å². The molecule has 0 spiro atoms. The molecule has 2 N–H and O–H groups in total. The minimum atomic E-state index is -3.35. The zero-order chi connectivity index (χ0) is 15.7. The van der Waals surface area contributed by atoms with E-state index >= 15 is 0 Å². The van der Waals surface area contributed by atoms with Crippen molar-refractivity contribution in [2.75, 3.05) is 12.4 Å². The van der Waals surface area contributed by atoms with Crippen molar-refractivity contribution < 1.29 is 8.42 Å². The maximum absolute atomic E-state index is 11.7. The zero-order valence-electron chi connectivity index (χ0n) is 13.3. The van der Waals surface area contributed by atoms with Crippen LogP contribution >= 0.6 is 0 Å². The van der Waals surface area contributed by atoms with E-state index in [0.29, 0.717) is 22.3 Å². The first-order valence-electron chi connectivity index (χ1n) is 7.54. The Morgan fingerprint density at radius 3 is 2.33 bits per heavy atom. The lowest BCUT2D eigenvalue weighted by molar-refractivity contribution is 0.177. The molecule has 0 amide bonds. The molecule has 2 atom stereocenters. The van der Waals surface area contributed by atoms with E-state index in [4.69, 9.17) is 0 Å². The molecular weight excluding hydrogens is 284 g/mol. The first-order chi connectivity index (χ1) is 9.73. The summed E-state index contributed by atoms with van der Waals surface area (Å²) in [7, 11) is -1.93. The largest absolute Gasteiger partial charge is 0.382 e. The highest BCUT2D eigenvalue weighted by molar-refractivity contribution is 7.89. The van der Waals surface area contributed by atoms with Gasteiger partial charge in [0, 0.05) is 11.7 Å². The first kappa shape index (κ1) is 16.3. The van der Waals surface area contributed by atoms with Crippen LogP contribution in [-0.4, -0.2) is 21.5 Å². The van der Waals surface area contributed by atoms with Crippen LogP contribution in [0.4, 0.5) is 5.69 Å². The van der Waals surface area contributed by atoms with E-state index in [1.165, 1.54) is 19.9 Å². The minimum Gasteiger partial charge on any atom is -0.382 e. The molecule has 0 aliphatic heterocycles. The number of hydrogen-bond acceptors (Lipinski definition) is 3. The summed E-state index contributed by atoms with van der Waals surface area (Å²) in [6.45, 7) is 6.95. The van der Waals surface area contributed by atoms with Gasteiger partial charge in [-0.1, -0.05) is 20.8 Å². The average Bonchev–Trinajstić information content (AvgIpc) is 2.42. The van der Waals surface area contributed by atoms with Gasteiger partial charge in [-0.3, -0.25) is 0 Å². The van der Waals surface area contributed by atoms with Crippen LogP contribution < -0.4 is 10.0 Å². The van der Waals surface area contributed by atoms with Gasteiger partial charge in [0.1, 0.15) is 0 Å². The van der Waals surface area contributed by atoms with E-state index < -0.39 is 10.0 Å². The SMILES string of the molecule is CNS(=O)(=O)c1ccc(NC2CCC(C)(C)CC2C)cc1. The molecule has 21 heavy (non-hydrogen) atoms. The van der Waals surface area contributed by atoms with Crippen LogP contribution in [0.1, 0.15) is 40.0 Å². The highest BCUT2D eigenvalue weighted by Crippen LogP contribution is 2.39. The molecule has 0 radical (unpaired) electrons. The number of sulfonamides is 1. The smallest absolute Gasteiger partial charge is 0.240 e.